The van der Waals surface area contributed by atoms with Gasteiger partial charge in [-0.15, -0.1) is 0 Å². The Balaban J connectivity index is 1.94. The van der Waals surface area contributed by atoms with Crippen LogP contribution in [0.1, 0.15) is 65.2 Å². The van der Waals surface area contributed by atoms with Gasteiger partial charge in [-0.2, -0.15) is 0 Å². The Morgan fingerprint density at radius 1 is 0.714 bits per heavy atom. The average Bonchev–Trinajstić information content (AvgIpc) is 2.04. The Hall–Kier alpha value is 0. The minimum absolute atomic E-state index is 0.753. The summed E-state index contributed by atoms with van der Waals surface area (Å²) < 4.78 is 0. The molecule has 4 unspecified atom stereocenters. The van der Waals surface area contributed by atoms with E-state index in [0.717, 1.165) is 22.7 Å². The molecule has 0 radical (unpaired) electrons. The highest BCUT2D eigenvalue weighted by molar-refractivity contribution is 5.05. The first-order chi connectivity index (χ1) is 6.64. The number of rotatable bonds is 0. The van der Waals surface area contributed by atoms with E-state index in [1.54, 1.807) is 12.8 Å². The van der Waals surface area contributed by atoms with E-state index in [1.165, 1.54) is 38.5 Å². The van der Waals surface area contributed by atoms with E-state index in [9.17, 15) is 0 Å². The summed E-state index contributed by atoms with van der Waals surface area (Å²) in [5.74, 6) is 2.23. The zero-order valence-electron chi connectivity index (χ0n) is 9.81. The Morgan fingerprint density at radius 3 is 1.50 bits per heavy atom. The molecule has 0 N–H and O–H groups in total. The molecule has 0 saturated heterocycles. The van der Waals surface area contributed by atoms with Crippen molar-refractivity contribution in [2.45, 2.75) is 65.2 Å². The maximum absolute atomic E-state index is 2.59. The van der Waals surface area contributed by atoms with Crippen LogP contribution in [0.3, 0.4) is 0 Å². The molecule has 3 saturated carbocycles. The zero-order chi connectivity index (χ0) is 9.81. The van der Waals surface area contributed by atoms with Gasteiger partial charge in [0.25, 0.3) is 0 Å². The lowest BCUT2D eigenvalue weighted by Gasteiger charge is -2.62. The molecule has 4 atom stereocenters. The lowest BCUT2D eigenvalue weighted by Crippen LogP contribution is -2.53. The first-order valence-corrected chi connectivity index (χ1v) is 6.64. The van der Waals surface area contributed by atoms with E-state index in [1.807, 2.05) is 0 Å². The van der Waals surface area contributed by atoms with Gasteiger partial charge in [0, 0.05) is 0 Å². The third-order valence-corrected chi connectivity index (χ3v) is 6.08. The van der Waals surface area contributed by atoms with Crippen molar-refractivity contribution in [3.63, 3.8) is 0 Å². The van der Waals surface area contributed by atoms with Crippen molar-refractivity contribution in [1.29, 1.82) is 0 Å². The summed E-state index contributed by atoms with van der Waals surface area (Å²) in [5, 5.41) is 0. The summed E-state index contributed by atoms with van der Waals surface area (Å²) in [6.07, 6.45) is 12.3. The second-order valence-corrected chi connectivity index (χ2v) is 6.81. The van der Waals surface area contributed by atoms with Crippen LogP contribution in [0.4, 0.5) is 0 Å². The SMILES string of the molecule is CC12CCCCC(C)(CC1)C1CCC12. The van der Waals surface area contributed by atoms with E-state index < -0.39 is 0 Å². The van der Waals surface area contributed by atoms with Gasteiger partial charge in [0.15, 0.2) is 0 Å². The van der Waals surface area contributed by atoms with E-state index >= 15 is 0 Å². The van der Waals surface area contributed by atoms with Gasteiger partial charge in [0.05, 0.1) is 0 Å². The molecule has 0 aromatic heterocycles. The normalized spacial score (nSPS) is 57.0. The zero-order valence-corrected chi connectivity index (χ0v) is 9.81. The Kier molecular flexibility index (Phi) is 1.83. The van der Waals surface area contributed by atoms with Gasteiger partial charge in [0.2, 0.25) is 0 Å². The molecule has 3 aliphatic rings. The molecular formula is C14H24. The fourth-order valence-electron chi connectivity index (χ4n) is 4.79. The van der Waals surface area contributed by atoms with Crippen molar-refractivity contribution in [1.82, 2.24) is 0 Å². The summed E-state index contributed by atoms with van der Waals surface area (Å²) in [4.78, 5) is 0. The molecule has 3 rings (SSSR count). The molecule has 2 bridgehead atoms. The van der Waals surface area contributed by atoms with Crippen molar-refractivity contribution in [3.05, 3.63) is 0 Å². The van der Waals surface area contributed by atoms with Gasteiger partial charge < -0.3 is 0 Å². The lowest BCUT2D eigenvalue weighted by atomic mass is 9.43. The number of hydrogen-bond acceptors (Lipinski definition) is 0. The highest BCUT2D eigenvalue weighted by atomic mass is 14.6. The van der Waals surface area contributed by atoms with Crippen molar-refractivity contribution < 1.29 is 0 Å². The van der Waals surface area contributed by atoms with Gasteiger partial charge in [-0.25, -0.2) is 0 Å². The van der Waals surface area contributed by atoms with Gasteiger partial charge in [-0.05, 0) is 61.2 Å². The molecule has 0 heterocycles. The topological polar surface area (TPSA) is 0 Å². The molecule has 14 heavy (non-hydrogen) atoms. The standard InChI is InChI=1S/C14H24/c1-13-7-3-4-8-14(2,10-9-13)12-6-5-11(12)13/h11-12H,3-10H2,1-2H3. The van der Waals surface area contributed by atoms with Crippen molar-refractivity contribution in [2.75, 3.05) is 0 Å². The molecular weight excluding hydrogens is 168 g/mol. The minimum Gasteiger partial charge on any atom is -0.0594 e. The number of hydrogen-bond donors (Lipinski definition) is 0. The van der Waals surface area contributed by atoms with Crippen LogP contribution in [0.15, 0.2) is 0 Å². The lowest BCUT2D eigenvalue weighted by molar-refractivity contribution is -0.121. The van der Waals surface area contributed by atoms with Gasteiger partial charge >= 0.3 is 0 Å². The monoisotopic (exact) mass is 192 g/mol. The largest absolute Gasteiger partial charge is 0.0594 e. The molecule has 3 fully saturated rings. The third kappa shape index (κ3) is 1.06. The van der Waals surface area contributed by atoms with Crippen LogP contribution >= 0.6 is 0 Å². The summed E-state index contributed by atoms with van der Waals surface area (Å²) in [6, 6.07) is 0. The third-order valence-electron chi connectivity index (χ3n) is 6.08. The highest BCUT2D eigenvalue weighted by Gasteiger charge is 2.55. The van der Waals surface area contributed by atoms with Gasteiger partial charge in [-0.3, -0.25) is 0 Å². The molecule has 0 aromatic carbocycles. The Bertz CT molecular complexity index is 218. The fourth-order valence-corrected chi connectivity index (χ4v) is 4.79. The maximum Gasteiger partial charge on any atom is -0.0294 e. The van der Waals surface area contributed by atoms with Gasteiger partial charge in [-0.1, -0.05) is 26.7 Å². The molecule has 0 heteroatoms. The molecule has 0 spiro atoms. The maximum atomic E-state index is 2.59. The minimum atomic E-state index is 0.753. The highest BCUT2D eigenvalue weighted by Crippen LogP contribution is 2.65. The molecule has 0 nitrogen and oxygen atoms in total. The van der Waals surface area contributed by atoms with Crippen molar-refractivity contribution in [3.8, 4) is 0 Å². The van der Waals surface area contributed by atoms with E-state index in [-0.39, 0.29) is 0 Å². The second-order valence-electron chi connectivity index (χ2n) is 6.81. The first kappa shape index (κ1) is 9.24. The van der Waals surface area contributed by atoms with Crippen LogP contribution < -0.4 is 0 Å². The first-order valence-electron chi connectivity index (χ1n) is 6.64. The van der Waals surface area contributed by atoms with Crippen LogP contribution in [-0.4, -0.2) is 0 Å². The Morgan fingerprint density at radius 2 is 1.14 bits per heavy atom. The summed E-state index contributed by atoms with van der Waals surface area (Å²) in [6.45, 7) is 5.18. The molecule has 0 aliphatic heterocycles. The molecule has 80 valence electrons. The number of fused-ring (bicyclic) bond motifs is 6. The van der Waals surface area contributed by atoms with Crippen LogP contribution in [0.25, 0.3) is 0 Å². The van der Waals surface area contributed by atoms with Crippen LogP contribution in [0.2, 0.25) is 0 Å². The van der Waals surface area contributed by atoms with E-state index in [4.69, 9.17) is 0 Å². The average molecular weight is 192 g/mol. The van der Waals surface area contributed by atoms with Crippen LogP contribution in [-0.2, 0) is 0 Å². The fraction of sp³-hybridized carbons (Fsp3) is 1.00. The van der Waals surface area contributed by atoms with E-state index in [0.29, 0.717) is 0 Å². The van der Waals surface area contributed by atoms with Crippen LogP contribution in [0, 0.1) is 22.7 Å². The Labute approximate surface area is 88.5 Å². The predicted molar refractivity (Wildman–Crippen MR) is 60.1 cm³/mol. The van der Waals surface area contributed by atoms with E-state index in [2.05, 4.69) is 13.8 Å². The summed E-state index contributed by atoms with van der Waals surface area (Å²) in [7, 11) is 0. The van der Waals surface area contributed by atoms with Crippen molar-refractivity contribution >= 4 is 0 Å². The quantitative estimate of drug-likeness (QED) is 0.534. The predicted octanol–water partition coefficient (Wildman–Crippen LogP) is 4.39. The second kappa shape index (κ2) is 2.77. The van der Waals surface area contributed by atoms with Crippen LogP contribution in [0.5, 0.6) is 0 Å². The van der Waals surface area contributed by atoms with Gasteiger partial charge in [0.1, 0.15) is 0 Å². The molecule has 0 amide bonds. The van der Waals surface area contributed by atoms with Crippen molar-refractivity contribution in [2.24, 2.45) is 22.7 Å². The smallest absolute Gasteiger partial charge is 0.0294 e. The molecule has 3 aliphatic carbocycles. The summed E-state index contributed by atoms with van der Waals surface area (Å²) >= 11 is 0. The molecule has 0 aromatic rings. The summed E-state index contributed by atoms with van der Waals surface area (Å²) in [5.41, 5.74) is 1.51.